The van der Waals surface area contributed by atoms with E-state index in [1.807, 2.05) is 24.3 Å². The number of carbonyl (C=O) groups excluding carboxylic acids is 1. The number of hydrogen-bond acceptors (Lipinski definition) is 4. The third-order valence-electron chi connectivity index (χ3n) is 4.28. The first-order valence-electron chi connectivity index (χ1n) is 8.39. The van der Waals surface area contributed by atoms with Crippen molar-refractivity contribution in [3.05, 3.63) is 41.3 Å². The Morgan fingerprint density at radius 1 is 1.33 bits per heavy atom. The predicted octanol–water partition coefficient (Wildman–Crippen LogP) is 4.17. The van der Waals surface area contributed by atoms with Crippen molar-refractivity contribution >= 4 is 22.8 Å². The number of amides is 1. The van der Waals surface area contributed by atoms with Gasteiger partial charge in [-0.25, -0.2) is 0 Å². The molecule has 1 aliphatic carbocycles. The normalized spacial score (nSPS) is 15.8. The maximum atomic E-state index is 12.3. The summed E-state index contributed by atoms with van der Waals surface area (Å²) in [5.41, 5.74) is 0.865. The molecule has 1 aromatic carbocycles. The molecule has 0 aromatic heterocycles. The van der Waals surface area contributed by atoms with Crippen LogP contribution in [0.15, 0.2) is 40.7 Å². The fraction of sp³-hybridized carbons (Fsp3) is 0.474. The summed E-state index contributed by atoms with van der Waals surface area (Å²) in [4.78, 5) is 17.6. The Kier molecular flexibility index (Phi) is 7.37. The van der Waals surface area contributed by atoms with Gasteiger partial charge in [-0.15, -0.1) is 0 Å². The van der Waals surface area contributed by atoms with Gasteiger partial charge in [0.15, 0.2) is 5.17 Å². The summed E-state index contributed by atoms with van der Waals surface area (Å²) in [5, 5.41) is 3.51. The van der Waals surface area contributed by atoms with Gasteiger partial charge in [0.05, 0.1) is 13.5 Å². The molecule has 1 fully saturated rings. The SMILES string of the molecule is C=C(S/C(=N\C)NC(=O)Cc1ccccc1OC)C1CCCCC1. The van der Waals surface area contributed by atoms with Crippen molar-refractivity contribution in [2.75, 3.05) is 14.2 Å². The van der Waals surface area contributed by atoms with E-state index in [4.69, 9.17) is 4.74 Å². The molecule has 0 bridgehead atoms. The number of allylic oxidation sites excluding steroid dienone is 1. The van der Waals surface area contributed by atoms with E-state index in [0.717, 1.165) is 16.2 Å². The van der Waals surface area contributed by atoms with Gasteiger partial charge in [0.1, 0.15) is 5.75 Å². The Labute approximate surface area is 148 Å². The summed E-state index contributed by atoms with van der Waals surface area (Å²) in [6.45, 7) is 4.20. The number of hydrogen-bond donors (Lipinski definition) is 1. The summed E-state index contributed by atoms with van der Waals surface area (Å²) in [5.74, 6) is 1.16. The number of carbonyl (C=O) groups is 1. The molecule has 0 heterocycles. The number of benzene rings is 1. The third kappa shape index (κ3) is 5.41. The van der Waals surface area contributed by atoms with Crippen molar-refractivity contribution in [3.63, 3.8) is 0 Å². The van der Waals surface area contributed by atoms with Crippen LogP contribution in [0.5, 0.6) is 5.75 Å². The van der Waals surface area contributed by atoms with E-state index in [1.165, 1.54) is 43.9 Å². The maximum Gasteiger partial charge on any atom is 0.230 e. The Morgan fingerprint density at radius 3 is 2.71 bits per heavy atom. The number of methoxy groups -OCH3 is 1. The first-order chi connectivity index (χ1) is 11.6. The fourth-order valence-corrected chi connectivity index (χ4v) is 3.85. The number of nitrogens with zero attached hydrogens (tertiary/aromatic N) is 1. The van der Waals surface area contributed by atoms with Crippen LogP contribution in [0.4, 0.5) is 0 Å². The highest BCUT2D eigenvalue weighted by Gasteiger charge is 2.19. The number of rotatable bonds is 5. The summed E-state index contributed by atoms with van der Waals surface area (Å²) >= 11 is 1.49. The number of nitrogens with one attached hydrogen (secondary N) is 1. The van der Waals surface area contributed by atoms with Gasteiger partial charge in [0.25, 0.3) is 0 Å². The van der Waals surface area contributed by atoms with E-state index in [2.05, 4.69) is 16.9 Å². The summed E-state index contributed by atoms with van der Waals surface area (Å²) in [6.07, 6.45) is 6.50. The number of ether oxygens (including phenoxy) is 1. The number of para-hydroxylation sites is 1. The molecule has 0 radical (unpaired) electrons. The van der Waals surface area contributed by atoms with Crippen LogP contribution >= 0.6 is 11.8 Å². The minimum Gasteiger partial charge on any atom is -0.496 e. The van der Waals surface area contributed by atoms with Crippen molar-refractivity contribution in [2.24, 2.45) is 10.9 Å². The quantitative estimate of drug-likeness (QED) is 0.643. The lowest BCUT2D eigenvalue weighted by molar-refractivity contribution is -0.119. The Bertz CT molecular complexity index is 607. The van der Waals surface area contributed by atoms with E-state index < -0.39 is 0 Å². The van der Waals surface area contributed by atoms with Gasteiger partial charge < -0.3 is 10.1 Å². The van der Waals surface area contributed by atoms with Crippen molar-refractivity contribution in [1.82, 2.24) is 5.32 Å². The van der Waals surface area contributed by atoms with Gasteiger partial charge in [-0.1, -0.05) is 55.8 Å². The predicted molar refractivity (Wildman–Crippen MR) is 102 cm³/mol. The van der Waals surface area contributed by atoms with Crippen molar-refractivity contribution < 1.29 is 9.53 Å². The van der Waals surface area contributed by atoms with Crippen LogP contribution in [0.1, 0.15) is 37.7 Å². The van der Waals surface area contributed by atoms with Crippen molar-refractivity contribution in [1.29, 1.82) is 0 Å². The van der Waals surface area contributed by atoms with E-state index in [-0.39, 0.29) is 12.3 Å². The molecule has 1 aliphatic rings. The van der Waals surface area contributed by atoms with Gasteiger partial charge in [0, 0.05) is 12.6 Å². The molecule has 0 saturated heterocycles. The van der Waals surface area contributed by atoms with Crippen LogP contribution in [0.2, 0.25) is 0 Å². The van der Waals surface area contributed by atoms with E-state index in [1.54, 1.807) is 14.2 Å². The summed E-state index contributed by atoms with van der Waals surface area (Å²) in [6, 6.07) is 7.55. The highest BCUT2D eigenvalue weighted by molar-refractivity contribution is 8.17. The number of amidine groups is 1. The molecule has 4 nitrogen and oxygen atoms in total. The van der Waals surface area contributed by atoms with Crippen LogP contribution in [0.25, 0.3) is 0 Å². The zero-order valence-corrected chi connectivity index (χ0v) is 15.3. The van der Waals surface area contributed by atoms with Crippen LogP contribution < -0.4 is 10.1 Å². The van der Waals surface area contributed by atoms with E-state index in [0.29, 0.717) is 11.1 Å². The molecule has 1 aromatic rings. The zero-order chi connectivity index (χ0) is 17.4. The lowest BCUT2D eigenvalue weighted by Crippen LogP contribution is -2.30. The average molecular weight is 346 g/mol. The minimum absolute atomic E-state index is 0.0935. The number of aliphatic imine (C=N–C) groups is 1. The molecule has 24 heavy (non-hydrogen) atoms. The van der Waals surface area contributed by atoms with Gasteiger partial charge in [-0.3, -0.25) is 9.79 Å². The molecular weight excluding hydrogens is 320 g/mol. The van der Waals surface area contributed by atoms with E-state index in [9.17, 15) is 4.79 Å². The van der Waals surface area contributed by atoms with Crippen molar-refractivity contribution in [3.8, 4) is 5.75 Å². The van der Waals surface area contributed by atoms with Gasteiger partial charge in [-0.2, -0.15) is 0 Å². The monoisotopic (exact) mass is 346 g/mol. The average Bonchev–Trinajstić information content (AvgIpc) is 2.62. The second-order valence-electron chi connectivity index (χ2n) is 5.97. The second-order valence-corrected chi connectivity index (χ2v) is 7.08. The maximum absolute atomic E-state index is 12.3. The minimum atomic E-state index is -0.0935. The largest absolute Gasteiger partial charge is 0.496 e. The van der Waals surface area contributed by atoms with Crippen LogP contribution in [0, 0.1) is 5.92 Å². The lowest BCUT2D eigenvalue weighted by atomic mass is 9.89. The zero-order valence-electron chi connectivity index (χ0n) is 14.5. The van der Waals surface area contributed by atoms with Crippen LogP contribution in [-0.2, 0) is 11.2 Å². The lowest BCUT2D eigenvalue weighted by Gasteiger charge is -2.23. The molecule has 0 atom stereocenters. The van der Waals surface area contributed by atoms with Crippen LogP contribution in [0.3, 0.4) is 0 Å². The number of thioether (sulfide) groups is 1. The Morgan fingerprint density at radius 2 is 2.04 bits per heavy atom. The van der Waals surface area contributed by atoms with Crippen LogP contribution in [-0.4, -0.2) is 25.2 Å². The molecule has 5 heteroatoms. The molecule has 130 valence electrons. The molecule has 0 aliphatic heterocycles. The highest BCUT2D eigenvalue weighted by atomic mass is 32.2. The highest BCUT2D eigenvalue weighted by Crippen LogP contribution is 2.34. The molecule has 1 amide bonds. The molecule has 2 rings (SSSR count). The molecule has 0 unspecified atom stereocenters. The van der Waals surface area contributed by atoms with Crippen molar-refractivity contribution in [2.45, 2.75) is 38.5 Å². The molecule has 1 N–H and O–H groups in total. The first kappa shape index (κ1) is 18.6. The summed E-state index contributed by atoms with van der Waals surface area (Å²) in [7, 11) is 3.31. The molecule has 0 spiro atoms. The fourth-order valence-electron chi connectivity index (χ4n) is 2.94. The Hall–Kier alpha value is -1.75. The van der Waals surface area contributed by atoms with Gasteiger partial charge >= 0.3 is 0 Å². The second kappa shape index (κ2) is 9.52. The molecule has 1 saturated carbocycles. The third-order valence-corrected chi connectivity index (χ3v) is 5.35. The van der Waals surface area contributed by atoms with E-state index >= 15 is 0 Å². The topological polar surface area (TPSA) is 50.7 Å². The van der Waals surface area contributed by atoms with Gasteiger partial charge in [-0.05, 0) is 29.7 Å². The first-order valence-corrected chi connectivity index (χ1v) is 9.21. The smallest absolute Gasteiger partial charge is 0.230 e. The summed E-state index contributed by atoms with van der Waals surface area (Å²) < 4.78 is 5.29. The standard InChI is InChI=1S/C19H26N2O2S/c1-14(15-9-5-4-6-10-15)24-19(20-2)21-18(22)13-16-11-7-8-12-17(16)23-3/h7-8,11-12,15H,1,4-6,9-10,13H2,2-3H3,(H,20,21,22). The molecular formula is C19H26N2O2S. The van der Waals surface area contributed by atoms with Gasteiger partial charge in [0.2, 0.25) is 5.91 Å². The Balaban J connectivity index is 1.90.